The van der Waals surface area contributed by atoms with E-state index in [1.54, 1.807) is 11.3 Å². The van der Waals surface area contributed by atoms with E-state index in [9.17, 15) is 0 Å². The summed E-state index contributed by atoms with van der Waals surface area (Å²) in [6.07, 6.45) is 1.59. The van der Waals surface area contributed by atoms with Crippen LogP contribution in [0, 0.1) is 13.8 Å². The van der Waals surface area contributed by atoms with Crippen molar-refractivity contribution in [2.45, 2.75) is 32.6 Å². The van der Waals surface area contributed by atoms with Crippen LogP contribution in [0.2, 0.25) is 0 Å². The lowest BCUT2D eigenvalue weighted by Gasteiger charge is -2.01. The second-order valence-corrected chi connectivity index (χ2v) is 7.44. The zero-order chi connectivity index (χ0) is 16.5. The number of ether oxygens (including phenoxy) is 1. The zero-order valence-electron chi connectivity index (χ0n) is 13.8. The van der Waals surface area contributed by atoms with Crippen LogP contribution in [-0.4, -0.2) is 28.3 Å². The highest BCUT2D eigenvalue weighted by molar-refractivity contribution is 7.12. The summed E-state index contributed by atoms with van der Waals surface area (Å²) in [5.74, 6) is 1.68. The van der Waals surface area contributed by atoms with Crippen LogP contribution in [0.25, 0.3) is 11.3 Å². The molecular formula is C18H19N3O2S. The highest BCUT2D eigenvalue weighted by Gasteiger charge is 2.24. The average molecular weight is 341 g/mol. The van der Waals surface area contributed by atoms with E-state index in [1.807, 2.05) is 6.92 Å². The molecule has 0 aliphatic carbocycles. The molecule has 0 saturated carbocycles. The quantitative estimate of drug-likeness (QED) is 0.720. The van der Waals surface area contributed by atoms with Gasteiger partial charge in [-0.2, -0.15) is 4.98 Å². The summed E-state index contributed by atoms with van der Waals surface area (Å²) in [7, 11) is 0. The first-order valence-corrected chi connectivity index (χ1v) is 8.94. The molecule has 0 spiro atoms. The maximum Gasteiger partial charge on any atom is 0.231 e. The van der Waals surface area contributed by atoms with E-state index in [0.29, 0.717) is 18.9 Å². The Bertz CT molecular complexity index is 832. The third kappa shape index (κ3) is 3.12. The third-order valence-electron chi connectivity index (χ3n) is 4.22. The lowest BCUT2D eigenvalue weighted by atomic mass is 10.1. The summed E-state index contributed by atoms with van der Waals surface area (Å²) in [5.41, 5.74) is 3.39. The molecule has 3 heterocycles. The van der Waals surface area contributed by atoms with Crippen LogP contribution < -0.4 is 0 Å². The monoisotopic (exact) mass is 341 g/mol. The summed E-state index contributed by atoms with van der Waals surface area (Å²) in [6, 6.07) is 8.45. The van der Waals surface area contributed by atoms with Crippen molar-refractivity contribution in [2.24, 2.45) is 0 Å². The van der Waals surface area contributed by atoms with Crippen molar-refractivity contribution in [3.05, 3.63) is 51.4 Å². The molecule has 4 rings (SSSR count). The number of rotatable bonds is 4. The highest BCUT2D eigenvalue weighted by atomic mass is 32.1. The smallest absolute Gasteiger partial charge is 0.231 e. The summed E-state index contributed by atoms with van der Waals surface area (Å²) >= 11 is 1.69. The van der Waals surface area contributed by atoms with E-state index in [0.717, 1.165) is 40.0 Å². The van der Waals surface area contributed by atoms with Crippen LogP contribution in [0.15, 0.2) is 28.8 Å². The van der Waals surface area contributed by atoms with Crippen molar-refractivity contribution in [2.75, 3.05) is 13.2 Å². The van der Waals surface area contributed by atoms with Gasteiger partial charge in [-0.3, -0.25) is 0 Å². The van der Waals surface area contributed by atoms with Crippen molar-refractivity contribution in [1.29, 1.82) is 0 Å². The molecule has 3 aromatic rings. The fraction of sp³-hybridized carbons (Fsp3) is 0.389. The van der Waals surface area contributed by atoms with Crippen molar-refractivity contribution >= 4 is 11.3 Å². The van der Waals surface area contributed by atoms with Gasteiger partial charge in [0.2, 0.25) is 5.89 Å². The molecule has 0 N–H and O–H groups in total. The molecule has 0 amide bonds. The molecule has 124 valence electrons. The summed E-state index contributed by atoms with van der Waals surface area (Å²) < 4.78 is 10.9. The van der Waals surface area contributed by atoms with E-state index >= 15 is 0 Å². The molecule has 0 bridgehead atoms. The Morgan fingerprint density at radius 1 is 1.17 bits per heavy atom. The SMILES string of the molecule is Cc1ccc(-c2nc(C)sc2Cc2nc([C@H]3CCOC3)no2)cc1. The number of hydrogen-bond donors (Lipinski definition) is 0. The van der Waals surface area contributed by atoms with E-state index < -0.39 is 0 Å². The van der Waals surface area contributed by atoms with Crippen molar-refractivity contribution in [1.82, 2.24) is 15.1 Å². The largest absolute Gasteiger partial charge is 0.381 e. The van der Waals surface area contributed by atoms with Gasteiger partial charge in [-0.05, 0) is 20.3 Å². The maximum atomic E-state index is 5.46. The minimum atomic E-state index is 0.266. The Hall–Kier alpha value is -2.05. The average Bonchev–Trinajstić information content (AvgIpc) is 3.29. The van der Waals surface area contributed by atoms with Crippen LogP contribution >= 0.6 is 11.3 Å². The molecule has 1 aliphatic rings. The number of benzene rings is 1. The van der Waals surface area contributed by atoms with Gasteiger partial charge in [0.25, 0.3) is 0 Å². The van der Waals surface area contributed by atoms with Gasteiger partial charge in [0.15, 0.2) is 5.82 Å². The molecular weight excluding hydrogens is 322 g/mol. The molecule has 1 saturated heterocycles. The Labute approximate surface area is 144 Å². The number of nitrogens with zero attached hydrogens (tertiary/aromatic N) is 3. The summed E-state index contributed by atoms with van der Waals surface area (Å²) in [4.78, 5) is 10.4. The van der Waals surface area contributed by atoms with Gasteiger partial charge in [-0.1, -0.05) is 35.0 Å². The van der Waals surface area contributed by atoms with Crippen LogP contribution in [0.3, 0.4) is 0 Å². The predicted molar refractivity (Wildman–Crippen MR) is 92.3 cm³/mol. The predicted octanol–water partition coefficient (Wildman–Crippen LogP) is 3.90. The first-order valence-electron chi connectivity index (χ1n) is 8.12. The molecule has 0 unspecified atom stereocenters. The Morgan fingerprint density at radius 3 is 2.75 bits per heavy atom. The summed E-state index contributed by atoms with van der Waals surface area (Å²) in [6.45, 7) is 5.58. The number of hydrogen-bond acceptors (Lipinski definition) is 6. The van der Waals surface area contributed by atoms with E-state index in [1.165, 1.54) is 5.56 Å². The lowest BCUT2D eigenvalue weighted by molar-refractivity contribution is 0.192. The number of aryl methyl sites for hydroxylation is 2. The number of thiazole rings is 1. The van der Waals surface area contributed by atoms with Gasteiger partial charge >= 0.3 is 0 Å². The normalized spacial score (nSPS) is 17.5. The van der Waals surface area contributed by atoms with Crippen LogP contribution in [0.1, 0.15) is 39.5 Å². The maximum absolute atomic E-state index is 5.46. The molecule has 1 fully saturated rings. The van der Waals surface area contributed by atoms with E-state index in [-0.39, 0.29) is 5.92 Å². The fourth-order valence-corrected chi connectivity index (χ4v) is 3.86. The first-order chi connectivity index (χ1) is 11.7. The highest BCUT2D eigenvalue weighted by Crippen LogP contribution is 2.30. The van der Waals surface area contributed by atoms with E-state index in [4.69, 9.17) is 14.2 Å². The molecule has 5 nitrogen and oxygen atoms in total. The van der Waals surface area contributed by atoms with Gasteiger partial charge in [-0.25, -0.2) is 4.98 Å². The van der Waals surface area contributed by atoms with Crippen LogP contribution in [0.5, 0.6) is 0 Å². The van der Waals surface area contributed by atoms with Crippen molar-refractivity contribution in [3.8, 4) is 11.3 Å². The second-order valence-electron chi connectivity index (χ2n) is 6.15. The molecule has 0 radical (unpaired) electrons. The molecule has 6 heteroatoms. The topological polar surface area (TPSA) is 61.0 Å². The van der Waals surface area contributed by atoms with Crippen molar-refractivity contribution in [3.63, 3.8) is 0 Å². The van der Waals surface area contributed by atoms with Gasteiger partial charge < -0.3 is 9.26 Å². The first kappa shape index (κ1) is 15.5. The summed E-state index contributed by atoms with van der Waals surface area (Å²) in [5, 5.41) is 5.18. The van der Waals surface area contributed by atoms with E-state index in [2.05, 4.69) is 41.3 Å². The van der Waals surface area contributed by atoms with Gasteiger partial charge in [-0.15, -0.1) is 11.3 Å². The molecule has 1 aromatic carbocycles. The Balaban J connectivity index is 1.59. The van der Waals surface area contributed by atoms with Crippen molar-refractivity contribution < 1.29 is 9.26 Å². The van der Waals surface area contributed by atoms with Gasteiger partial charge in [0, 0.05) is 23.0 Å². The van der Waals surface area contributed by atoms with Gasteiger partial charge in [0.1, 0.15) is 0 Å². The minimum absolute atomic E-state index is 0.266. The Kier molecular flexibility index (Phi) is 4.16. The third-order valence-corrected chi connectivity index (χ3v) is 5.19. The van der Waals surface area contributed by atoms with Gasteiger partial charge in [0.05, 0.1) is 23.7 Å². The Morgan fingerprint density at radius 2 is 2.00 bits per heavy atom. The fourth-order valence-electron chi connectivity index (χ4n) is 2.91. The minimum Gasteiger partial charge on any atom is -0.381 e. The van der Waals surface area contributed by atoms with Crippen LogP contribution in [0.4, 0.5) is 0 Å². The molecule has 24 heavy (non-hydrogen) atoms. The zero-order valence-corrected chi connectivity index (χ0v) is 14.6. The lowest BCUT2D eigenvalue weighted by Crippen LogP contribution is -2.00. The number of aromatic nitrogens is 3. The van der Waals surface area contributed by atoms with Crippen LogP contribution in [-0.2, 0) is 11.2 Å². The standard InChI is InChI=1S/C18H19N3O2S/c1-11-3-5-13(6-4-11)17-15(24-12(2)19-17)9-16-20-18(21-23-16)14-7-8-22-10-14/h3-6,14H,7-10H2,1-2H3/t14-/m0/s1. The molecule has 1 atom stereocenters. The molecule has 2 aromatic heterocycles. The second kappa shape index (κ2) is 6.45. The molecule has 1 aliphatic heterocycles.